The van der Waals surface area contributed by atoms with E-state index >= 15 is 0 Å². The number of rotatable bonds is 7. The van der Waals surface area contributed by atoms with Crippen LogP contribution in [-0.2, 0) is 9.53 Å². The molecular formula is C11H20N2O4. The van der Waals surface area contributed by atoms with E-state index in [1.54, 1.807) is 7.11 Å². The summed E-state index contributed by atoms with van der Waals surface area (Å²) in [5, 5.41) is 14.2. The number of hydrogen-bond donors (Lipinski definition) is 3. The number of carbonyl (C=O) groups is 2. The lowest BCUT2D eigenvalue weighted by molar-refractivity contribution is -0.139. The first-order chi connectivity index (χ1) is 8.13. The number of ether oxygens (including phenoxy) is 1. The maximum Gasteiger partial charge on any atom is 0.326 e. The summed E-state index contributed by atoms with van der Waals surface area (Å²) in [6.45, 7) is 0.496. The van der Waals surface area contributed by atoms with Gasteiger partial charge < -0.3 is 20.5 Å². The van der Waals surface area contributed by atoms with Crippen LogP contribution in [0.25, 0.3) is 0 Å². The van der Waals surface area contributed by atoms with E-state index in [9.17, 15) is 9.59 Å². The third-order valence-electron chi connectivity index (χ3n) is 2.89. The van der Waals surface area contributed by atoms with Gasteiger partial charge in [0, 0.05) is 19.8 Å². The van der Waals surface area contributed by atoms with Gasteiger partial charge in [-0.1, -0.05) is 0 Å². The third kappa shape index (κ3) is 5.04. The van der Waals surface area contributed by atoms with Crippen molar-refractivity contribution >= 4 is 12.0 Å². The van der Waals surface area contributed by atoms with Crippen molar-refractivity contribution in [2.75, 3.05) is 13.7 Å². The summed E-state index contributed by atoms with van der Waals surface area (Å²) in [4.78, 5) is 22.4. The fourth-order valence-electron chi connectivity index (χ4n) is 1.63. The molecule has 0 saturated heterocycles. The van der Waals surface area contributed by atoms with Crippen LogP contribution in [0.5, 0.6) is 0 Å². The Labute approximate surface area is 101 Å². The molecular weight excluding hydrogens is 224 g/mol. The molecule has 1 unspecified atom stereocenters. The van der Waals surface area contributed by atoms with Crippen LogP contribution in [0, 0.1) is 0 Å². The van der Waals surface area contributed by atoms with Crippen LogP contribution in [0.2, 0.25) is 0 Å². The zero-order valence-corrected chi connectivity index (χ0v) is 10.1. The summed E-state index contributed by atoms with van der Waals surface area (Å²) in [7, 11) is 1.56. The largest absolute Gasteiger partial charge is 0.480 e. The fourth-order valence-corrected chi connectivity index (χ4v) is 1.63. The second-order valence-electron chi connectivity index (χ2n) is 4.27. The lowest BCUT2D eigenvalue weighted by Crippen LogP contribution is -2.50. The van der Waals surface area contributed by atoms with E-state index in [-0.39, 0.29) is 12.1 Å². The van der Waals surface area contributed by atoms with Crippen molar-refractivity contribution in [3.8, 4) is 0 Å². The van der Waals surface area contributed by atoms with Gasteiger partial charge in [-0.2, -0.15) is 0 Å². The molecule has 1 aliphatic rings. The van der Waals surface area contributed by atoms with Crippen molar-refractivity contribution in [1.82, 2.24) is 10.6 Å². The van der Waals surface area contributed by atoms with Gasteiger partial charge in [0.25, 0.3) is 0 Å². The molecule has 6 heteroatoms. The van der Waals surface area contributed by atoms with Crippen molar-refractivity contribution in [1.29, 1.82) is 0 Å². The molecule has 0 radical (unpaired) electrons. The smallest absolute Gasteiger partial charge is 0.326 e. The molecule has 0 aliphatic heterocycles. The molecule has 0 aromatic heterocycles. The van der Waals surface area contributed by atoms with E-state index in [1.807, 2.05) is 0 Å². The van der Waals surface area contributed by atoms with Crippen molar-refractivity contribution in [2.24, 2.45) is 0 Å². The number of methoxy groups -OCH3 is 1. The number of aliphatic carboxylic acids is 1. The highest BCUT2D eigenvalue weighted by Gasteiger charge is 2.23. The predicted molar refractivity (Wildman–Crippen MR) is 61.8 cm³/mol. The van der Waals surface area contributed by atoms with Gasteiger partial charge in [-0.25, -0.2) is 9.59 Å². The Balaban J connectivity index is 2.26. The molecule has 1 rings (SSSR count). The molecule has 1 atom stereocenters. The monoisotopic (exact) mass is 244 g/mol. The van der Waals surface area contributed by atoms with Gasteiger partial charge in [0.15, 0.2) is 0 Å². The minimum atomic E-state index is -1.01. The van der Waals surface area contributed by atoms with E-state index in [2.05, 4.69) is 10.6 Å². The fraction of sp³-hybridized carbons (Fsp3) is 0.818. The molecule has 1 saturated carbocycles. The van der Waals surface area contributed by atoms with Crippen LogP contribution in [0.1, 0.15) is 32.1 Å². The van der Waals surface area contributed by atoms with E-state index < -0.39 is 12.0 Å². The topological polar surface area (TPSA) is 87.7 Å². The summed E-state index contributed by atoms with van der Waals surface area (Å²) in [5.41, 5.74) is 0. The first kappa shape index (κ1) is 13.8. The highest BCUT2D eigenvalue weighted by atomic mass is 16.5. The number of carboxylic acid groups (broad SMARTS) is 1. The van der Waals surface area contributed by atoms with Crippen LogP contribution >= 0.6 is 0 Å². The zero-order chi connectivity index (χ0) is 12.7. The van der Waals surface area contributed by atoms with Crippen LogP contribution in [0.15, 0.2) is 0 Å². The molecule has 0 spiro atoms. The van der Waals surface area contributed by atoms with Gasteiger partial charge in [-0.3, -0.25) is 0 Å². The van der Waals surface area contributed by atoms with Crippen molar-refractivity contribution in [3.63, 3.8) is 0 Å². The number of nitrogens with one attached hydrogen (secondary N) is 2. The Morgan fingerprint density at radius 3 is 2.65 bits per heavy atom. The summed E-state index contributed by atoms with van der Waals surface area (Å²) in [5.74, 6) is -1.01. The minimum absolute atomic E-state index is 0.212. The zero-order valence-electron chi connectivity index (χ0n) is 10.1. The first-order valence-electron chi connectivity index (χ1n) is 5.92. The second-order valence-corrected chi connectivity index (χ2v) is 4.27. The van der Waals surface area contributed by atoms with Gasteiger partial charge in [-0.15, -0.1) is 0 Å². The standard InChI is InChI=1S/C11H20N2O4/c1-17-7-3-6-9(10(14)15)13-11(16)12-8-4-2-5-8/h8-9H,2-7H2,1H3,(H,14,15)(H2,12,13,16). The average Bonchev–Trinajstić information content (AvgIpc) is 2.22. The van der Waals surface area contributed by atoms with E-state index in [0.717, 1.165) is 19.3 Å². The summed E-state index contributed by atoms with van der Waals surface area (Å²) in [6, 6.07) is -1.02. The third-order valence-corrected chi connectivity index (χ3v) is 2.89. The van der Waals surface area contributed by atoms with Crippen molar-refractivity contribution in [2.45, 2.75) is 44.2 Å². The molecule has 0 aromatic carbocycles. The Morgan fingerprint density at radius 1 is 1.47 bits per heavy atom. The lowest BCUT2D eigenvalue weighted by Gasteiger charge is -2.27. The number of carboxylic acids is 1. The molecule has 3 N–H and O–H groups in total. The molecule has 1 aliphatic carbocycles. The Bertz CT molecular complexity index is 266. The molecule has 2 amide bonds. The van der Waals surface area contributed by atoms with Gasteiger partial charge >= 0.3 is 12.0 Å². The first-order valence-corrected chi connectivity index (χ1v) is 5.92. The second kappa shape index (κ2) is 7.11. The molecule has 0 aromatic rings. The lowest BCUT2D eigenvalue weighted by atomic mass is 9.93. The SMILES string of the molecule is COCCCC(NC(=O)NC1CCC1)C(=O)O. The number of hydrogen-bond acceptors (Lipinski definition) is 3. The van der Waals surface area contributed by atoms with Crippen LogP contribution in [0.4, 0.5) is 4.79 Å². The quantitative estimate of drug-likeness (QED) is 0.576. The highest BCUT2D eigenvalue weighted by Crippen LogP contribution is 2.17. The van der Waals surface area contributed by atoms with E-state index in [4.69, 9.17) is 9.84 Å². The summed E-state index contributed by atoms with van der Waals surface area (Å²) in [6.07, 6.45) is 4.07. The predicted octanol–water partition coefficient (Wildman–Crippen LogP) is 0.718. The van der Waals surface area contributed by atoms with E-state index in [0.29, 0.717) is 19.4 Å². The number of carbonyl (C=O) groups excluding carboxylic acids is 1. The molecule has 6 nitrogen and oxygen atoms in total. The van der Waals surface area contributed by atoms with Crippen molar-refractivity contribution in [3.05, 3.63) is 0 Å². The average molecular weight is 244 g/mol. The molecule has 98 valence electrons. The number of urea groups is 1. The maximum atomic E-state index is 11.5. The normalized spacial score (nSPS) is 17.0. The van der Waals surface area contributed by atoms with Crippen LogP contribution < -0.4 is 10.6 Å². The number of amides is 2. The summed E-state index contributed by atoms with van der Waals surface area (Å²) >= 11 is 0. The Morgan fingerprint density at radius 2 is 2.18 bits per heavy atom. The maximum absolute atomic E-state index is 11.5. The molecule has 1 fully saturated rings. The molecule has 0 heterocycles. The minimum Gasteiger partial charge on any atom is -0.480 e. The molecule has 17 heavy (non-hydrogen) atoms. The Hall–Kier alpha value is -1.30. The van der Waals surface area contributed by atoms with Gasteiger partial charge in [0.2, 0.25) is 0 Å². The Kier molecular flexibility index (Phi) is 5.76. The summed E-state index contributed by atoms with van der Waals surface area (Å²) < 4.78 is 4.85. The van der Waals surface area contributed by atoms with Crippen molar-refractivity contribution < 1.29 is 19.4 Å². The van der Waals surface area contributed by atoms with Gasteiger partial charge in [0.1, 0.15) is 6.04 Å². The highest BCUT2D eigenvalue weighted by molar-refractivity contribution is 5.82. The van der Waals surface area contributed by atoms with Crippen LogP contribution in [-0.4, -0.2) is 42.9 Å². The van der Waals surface area contributed by atoms with E-state index in [1.165, 1.54) is 0 Å². The van der Waals surface area contributed by atoms with Gasteiger partial charge in [-0.05, 0) is 32.1 Å². The van der Waals surface area contributed by atoms with Gasteiger partial charge in [0.05, 0.1) is 0 Å². The van der Waals surface area contributed by atoms with Crippen LogP contribution in [0.3, 0.4) is 0 Å². The molecule has 0 bridgehead atoms.